The van der Waals surface area contributed by atoms with Crippen molar-refractivity contribution >= 4 is 0 Å². The second-order valence-electron chi connectivity index (χ2n) is 4.54. The Morgan fingerprint density at radius 1 is 1.19 bits per heavy atom. The lowest BCUT2D eigenvalue weighted by atomic mass is 10.2. The zero-order valence-corrected chi connectivity index (χ0v) is 12.5. The summed E-state index contributed by atoms with van der Waals surface area (Å²) in [6.45, 7) is 2.56. The smallest absolute Gasteiger partial charge is 0.162 e. The molecule has 1 aromatic rings. The lowest BCUT2D eigenvalue weighted by Crippen LogP contribution is -2.27. The van der Waals surface area contributed by atoms with Crippen molar-refractivity contribution in [1.82, 2.24) is 0 Å². The molecule has 1 N–H and O–H groups in total. The summed E-state index contributed by atoms with van der Waals surface area (Å²) in [6.07, 6.45) is -0.848. The summed E-state index contributed by atoms with van der Waals surface area (Å²) in [5.74, 6) is 0.926. The zero-order chi connectivity index (χ0) is 15.7. The van der Waals surface area contributed by atoms with Gasteiger partial charge in [-0.1, -0.05) is 0 Å². The van der Waals surface area contributed by atoms with Gasteiger partial charge in [-0.2, -0.15) is 5.26 Å². The van der Waals surface area contributed by atoms with Crippen LogP contribution in [0.3, 0.4) is 0 Å². The van der Waals surface area contributed by atoms with Gasteiger partial charge in [0.25, 0.3) is 0 Å². The number of methoxy groups -OCH3 is 2. The summed E-state index contributed by atoms with van der Waals surface area (Å²) in [7, 11) is 3.09. The van der Waals surface area contributed by atoms with Gasteiger partial charge in [-0.15, -0.1) is 0 Å². The Bertz CT molecular complexity index is 472. The monoisotopic (exact) mass is 295 g/mol. The Morgan fingerprint density at radius 2 is 1.95 bits per heavy atom. The number of nitriles is 1. The number of hydrogen-bond donors (Lipinski definition) is 1. The van der Waals surface area contributed by atoms with Crippen molar-refractivity contribution in [1.29, 1.82) is 5.26 Å². The van der Waals surface area contributed by atoms with Crippen LogP contribution in [-0.2, 0) is 9.47 Å². The van der Waals surface area contributed by atoms with Crippen LogP contribution in [0.5, 0.6) is 11.5 Å². The van der Waals surface area contributed by atoms with E-state index in [0.29, 0.717) is 23.7 Å². The van der Waals surface area contributed by atoms with Crippen LogP contribution in [0.4, 0.5) is 0 Å². The molecule has 0 saturated heterocycles. The molecule has 2 unspecified atom stereocenters. The predicted octanol–water partition coefficient (Wildman–Crippen LogP) is 1.36. The molecule has 0 fully saturated rings. The number of nitrogens with zero attached hydrogens (tertiary/aromatic N) is 1. The van der Waals surface area contributed by atoms with Crippen molar-refractivity contribution in [3.05, 3.63) is 23.8 Å². The highest BCUT2D eigenvalue weighted by atomic mass is 16.5. The Hall–Kier alpha value is -1.81. The van der Waals surface area contributed by atoms with Crippen LogP contribution in [0.15, 0.2) is 18.2 Å². The number of ether oxygens (including phenoxy) is 4. The Labute approximate surface area is 124 Å². The lowest BCUT2D eigenvalue weighted by molar-refractivity contribution is -0.0424. The molecule has 0 heterocycles. The third-order valence-electron chi connectivity index (χ3n) is 2.70. The van der Waals surface area contributed by atoms with E-state index in [9.17, 15) is 5.11 Å². The van der Waals surface area contributed by atoms with Gasteiger partial charge in [0.1, 0.15) is 12.7 Å². The molecule has 1 aromatic carbocycles. The molecule has 0 spiro atoms. The number of benzene rings is 1. The molecule has 116 valence electrons. The quantitative estimate of drug-likeness (QED) is 0.741. The van der Waals surface area contributed by atoms with Crippen molar-refractivity contribution in [3.8, 4) is 17.6 Å². The van der Waals surface area contributed by atoms with Crippen LogP contribution in [0.25, 0.3) is 0 Å². The topological polar surface area (TPSA) is 80.9 Å². The average Bonchev–Trinajstić information content (AvgIpc) is 2.51. The van der Waals surface area contributed by atoms with Gasteiger partial charge in [-0.05, 0) is 19.1 Å². The van der Waals surface area contributed by atoms with E-state index in [1.54, 1.807) is 25.3 Å². The van der Waals surface area contributed by atoms with Crippen molar-refractivity contribution in [2.75, 3.05) is 34.0 Å². The van der Waals surface area contributed by atoms with E-state index in [1.807, 2.05) is 13.0 Å². The van der Waals surface area contributed by atoms with Crippen LogP contribution < -0.4 is 9.47 Å². The minimum absolute atomic E-state index is 0.0714. The van der Waals surface area contributed by atoms with Gasteiger partial charge in [0.15, 0.2) is 11.5 Å². The maximum atomic E-state index is 9.81. The molecule has 0 aromatic heterocycles. The maximum Gasteiger partial charge on any atom is 0.162 e. The van der Waals surface area contributed by atoms with E-state index >= 15 is 0 Å². The number of hydrogen-bond acceptors (Lipinski definition) is 6. The van der Waals surface area contributed by atoms with Crippen LogP contribution in [0, 0.1) is 11.3 Å². The number of aliphatic hydroxyl groups excluding tert-OH is 1. The fourth-order valence-corrected chi connectivity index (χ4v) is 1.65. The normalized spacial score (nSPS) is 13.3. The molecular weight excluding hydrogens is 274 g/mol. The molecule has 0 saturated carbocycles. The molecule has 0 aliphatic heterocycles. The fourth-order valence-electron chi connectivity index (χ4n) is 1.65. The van der Waals surface area contributed by atoms with Gasteiger partial charge < -0.3 is 24.1 Å². The Morgan fingerprint density at radius 3 is 2.57 bits per heavy atom. The van der Waals surface area contributed by atoms with Crippen LogP contribution in [-0.4, -0.2) is 51.4 Å². The molecule has 0 radical (unpaired) electrons. The van der Waals surface area contributed by atoms with Crippen molar-refractivity contribution < 1.29 is 24.1 Å². The molecule has 0 aliphatic rings. The molecule has 0 bridgehead atoms. The summed E-state index contributed by atoms with van der Waals surface area (Å²) in [4.78, 5) is 0. The third-order valence-corrected chi connectivity index (χ3v) is 2.70. The molecule has 0 aliphatic carbocycles. The number of rotatable bonds is 9. The molecule has 0 amide bonds. The van der Waals surface area contributed by atoms with Crippen LogP contribution >= 0.6 is 0 Å². The van der Waals surface area contributed by atoms with Gasteiger partial charge in [0.2, 0.25) is 0 Å². The van der Waals surface area contributed by atoms with Crippen LogP contribution in [0.1, 0.15) is 12.5 Å². The van der Waals surface area contributed by atoms with Crippen molar-refractivity contribution in [3.63, 3.8) is 0 Å². The first-order valence-electron chi connectivity index (χ1n) is 6.60. The first kappa shape index (κ1) is 17.2. The average molecular weight is 295 g/mol. The minimum Gasteiger partial charge on any atom is -0.493 e. The maximum absolute atomic E-state index is 9.81. The first-order chi connectivity index (χ1) is 10.1. The third kappa shape index (κ3) is 6.00. The zero-order valence-electron chi connectivity index (χ0n) is 12.5. The molecule has 6 nitrogen and oxygen atoms in total. The standard InChI is InChI=1S/C15H21NO5/c1-11(8-18-2)20-9-13(17)10-21-14-5-4-12(7-16)6-15(14)19-3/h4-6,11,13,17H,8-10H2,1-3H3. The number of aliphatic hydroxyl groups is 1. The molecular formula is C15H21NO5. The second kappa shape index (κ2) is 9.19. The molecule has 2 atom stereocenters. The van der Waals surface area contributed by atoms with Crippen molar-refractivity contribution in [2.45, 2.75) is 19.1 Å². The van der Waals surface area contributed by atoms with Gasteiger partial charge in [0.05, 0.1) is 38.1 Å². The van der Waals surface area contributed by atoms with E-state index in [2.05, 4.69) is 0 Å². The first-order valence-corrected chi connectivity index (χ1v) is 6.60. The van der Waals surface area contributed by atoms with Crippen molar-refractivity contribution in [2.24, 2.45) is 0 Å². The predicted molar refractivity (Wildman–Crippen MR) is 76.5 cm³/mol. The highest BCUT2D eigenvalue weighted by molar-refractivity contribution is 5.46. The van der Waals surface area contributed by atoms with Crippen LogP contribution in [0.2, 0.25) is 0 Å². The van der Waals surface area contributed by atoms with Gasteiger partial charge in [-0.3, -0.25) is 0 Å². The van der Waals surface area contributed by atoms with E-state index in [1.165, 1.54) is 7.11 Å². The largest absolute Gasteiger partial charge is 0.493 e. The summed E-state index contributed by atoms with van der Waals surface area (Å²) in [5.41, 5.74) is 0.483. The lowest BCUT2D eigenvalue weighted by Gasteiger charge is -2.17. The summed E-state index contributed by atoms with van der Waals surface area (Å²) in [5, 5.41) is 18.6. The highest BCUT2D eigenvalue weighted by Gasteiger charge is 2.11. The van der Waals surface area contributed by atoms with E-state index in [-0.39, 0.29) is 19.3 Å². The van der Waals surface area contributed by atoms with E-state index < -0.39 is 6.10 Å². The Kier molecular flexibility index (Phi) is 7.54. The second-order valence-corrected chi connectivity index (χ2v) is 4.54. The van der Waals surface area contributed by atoms with E-state index in [4.69, 9.17) is 24.2 Å². The van der Waals surface area contributed by atoms with E-state index in [0.717, 1.165) is 0 Å². The highest BCUT2D eigenvalue weighted by Crippen LogP contribution is 2.27. The van der Waals surface area contributed by atoms with Gasteiger partial charge >= 0.3 is 0 Å². The van der Waals surface area contributed by atoms with Gasteiger partial charge in [0, 0.05) is 13.2 Å². The summed E-state index contributed by atoms with van der Waals surface area (Å²) >= 11 is 0. The minimum atomic E-state index is -0.760. The Balaban J connectivity index is 2.46. The molecule has 6 heteroatoms. The summed E-state index contributed by atoms with van der Waals surface area (Å²) in [6, 6.07) is 6.87. The summed E-state index contributed by atoms with van der Waals surface area (Å²) < 4.78 is 21.0. The van der Waals surface area contributed by atoms with Gasteiger partial charge in [-0.25, -0.2) is 0 Å². The SMILES string of the molecule is COCC(C)OCC(O)COc1ccc(C#N)cc1OC. The fraction of sp³-hybridized carbons (Fsp3) is 0.533. The molecule has 21 heavy (non-hydrogen) atoms. The molecule has 1 rings (SSSR count).